The van der Waals surface area contributed by atoms with Crippen molar-refractivity contribution >= 4 is 28.6 Å². The third kappa shape index (κ3) is 4.58. The van der Waals surface area contributed by atoms with Gasteiger partial charge < -0.3 is 14.4 Å². The Kier molecular flexibility index (Phi) is 5.98. The molecule has 1 aliphatic rings. The summed E-state index contributed by atoms with van der Waals surface area (Å²) in [5.74, 6) is -1.59. The van der Waals surface area contributed by atoms with Crippen molar-refractivity contribution < 1.29 is 23.9 Å². The van der Waals surface area contributed by atoms with Gasteiger partial charge in [-0.3, -0.25) is 9.59 Å². The maximum atomic E-state index is 12.8. The predicted molar refractivity (Wildman–Crippen MR) is 116 cm³/mol. The van der Waals surface area contributed by atoms with Crippen molar-refractivity contribution in [3.8, 4) is 5.75 Å². The maximum Gasteiger partial charge on any atom is 0.341 e. The van der Waals surface area contributed by atoms with E-state index in [1.54, 1.807) is 17.0 Å². The fraction of sp³-hybridized carbons (Fsp3) is 0.240. The summed E-state index contributed by atoms with van der Waals surface area (Å²) in [6.07, 6.45) is 0.834. The molecule has 0 aromatic heterocycles. The summed E-state index contributed by atoms with van der Waals surface area (Å²) in [6, 6.07) is 20.7. The van der Waals surface area contributed by atoms with Gasteiger partial charge >= 0.3 is 11.9 Å². The van der Waals surface area contributed by atoms with E-state index in [9.17, 15) is 14.4 Å². The summed E-state index contributed by atoms with van der Waals surface area (Å²) in [5.41, 5.74) is 1.32. The van der Waals surface area contributed by atoms with Crippen LogP contribution in [0, 0.1) is 5.92 Å². The Morgan fingerprint density at radius 1 is 1.00 bits per heavy atom. The van der Waals surface area contributed by atoms with Gasteiger partial charge in [-0.2, -0.15) is 0 Å². The van der Waals surface area contributed by atoms with Gasteiger partial charge in [-0.1, -0.05) is 54.6 Å². The number of ether oxygens (including phenoxy) is 2. The van der Waals surface area contributed by atoms with Crippen LogP contribution in [0.1, 0.15) is 22.3 Å². The van der Waals surface area contributed by atoms with E-state index < -0.39 is 17.9 Å². The van der Waals surface area contributed by atoms with Gasteiger partial charge in [0.25, 0.3) is 0 Å². The molecular formula is C25H23NO5. The molecule has 0 radical (unpaired) electrons. The van der Waals surface area contributed by atoms with Crippen LogP contribution in [-0.2, 0) is 20.7 Å². The van der Waals surface area contributed by atoms with Crippen molar-refractivity contribution in [3.05, 3.63) is 77.9 Å². The molecule has 1 unspecified atom stereocenters. The van der Waals surface area contributed by atoms with Crippen LogP contribution >= 0.6 is 0 Å². The molecule has 0 saturated carbocycles. The van der Waals surface area contributed by atoms with Crippen LogP contribution in [0.2, 0.25) is 0 Å². The van der Waals surface area contributed by atoms with Gasteiger partial charge in [0.1, 0.15) is 11.3 Å². The van der Waals surface area contributed by atoms with E-state index in [4.69, 9.17) is 9.47 Å². The average molecular weight is 417 g/mol. The van der Waals surface area contributed by atoms with Gasteiger partial charge in [-0.05, 0) is 34.9 Å². The van der Waals surface area contributed by atoms with Crippen molar-refractivity contribution in [2.45, 2.75) is 12.8 Å². The van der Waals surface area contributed by atoms with Crippen molar-refractivity contribution in [1.29, 1.82) is 0 Å². The first-order valence-electron chi connectivity index (χ1n) is 10.2. The molecule has 0 spiro atoms. The lowest BCUT2D eigenvalue weighted by molar-refractivity contribution is -0.139. The molecule has 1 heterocycles. The highest BCUT2D eigenvalue weighted by molar-refractivity contribution is 5.99. The molecular weight excluding hydrogens is 394 g/mol. The number of benzene rings is 3. The molecule has 1 amide bonds. The zero-order valence-electron chi connectivity index (χ0n) is 17.2. The monoisotopic (exact) mass is 417 g/mol. The molecule has 1 atom stereocenters. The van der Waals surface area contributed by atoms with E-state index in [0.29, 0.717) is 13.1 Å². The van der Waals surface area contributed by atoms with Gasteiger partial charge in [0.15, 0.2) is 0 Å². The molecule has 1 fully saturated rings. The number of hydrogen-bond acceptors (Lipinski definition) is 5. The van der Waals surface area contributed by atoms with E-state index in [-0.39, 0.29) is 23.6 Å². The maximum absolute atomic E-state index is 12.8. The molecule has 31 heavy (non-hydrogen) atoms. The minimum absolute atomic E-state index is 0.0652. The highest BCUT2D eigenvalue weighted by Gasteiger charge is 2.36. The summed E-state index contributed by atoms with van der Waals surface area (Å²) in [5, 5.41) is 1.68. The van der Waals surface area contributed by atoms with Crippen LogP contribution in [-0.4, -0.2) is 42.9 Å². The van der Waals surface area contributed by atoms with Gasteiger partial charge in [-0.25, -0.2) is 4.79 Å². The topological polar surface area (TPSA) is 72.9 Å². The molecule has 4 rings (SSSR count). The second kappa shape index (κ2) is 9.00. The molecule has 3 aromatic rings. The predicted octanol–water partition coefficient (Wildman–Crippen LogP) is 3.62. The number of methoxy groups -OCH3 is 1. The van der Waals surface area contributed by atoms with Crippen LogP contribution in [0.5, 0.6) is 5.75 Å². The Bertz CT molecular complexity index is 1130. The van der Waals surface area contributed by atoms with Crippen LogP contribution in [0.25, 0.3) is 10.8 Å². The van der Waals surface area contributed by atoms with E-state index in [1.807, 2.05) is 54.6 Å². The molecule has 0 N–H and O–H groups in total. The van der Waals surface area contributed by atoms with E-state index in [2.05, 4.69) is 0 Å². The van der Waals surface area contributed by atoms with Crippen LogP contribution < -0.4 is 4.74 Å². The van der Waals surface area contributed by atoms with Crippen molar-refractivity contribution in [3.63, 3.8) is 0 Å². The number of nitrogens with zero attached hydrogens (tertiary/aromatic N) is 1. The Labute approximate surface area is 180 Å². The zero-order valence-corrected chi connectivity index (χ0v) is 17.2. The molecule has 3 aromatic carbocycles. The van der Waals surface area contributed by atoms with Gasteiger partial charge in [0, 0.05) is 19.5 Å². The fourth-order valence-corrected chi connectivity index (χ4v) is 3.82. The number of hydrogen-bond donors (Lipinski definition) is 0. The SMILES string of the molecule is COC(=O)c1cc2ccccc2cc1OC(=O)C1CC(=O)N(CCc2ccccc2)C1. The normalized spacial score (nSPS) is 15.8. The van der Waals surface area contributed by atoms with E-state index in [0.717, 1.165) is 22.8 Å². The summed E-state index contributed by atoms with van der Waals surface area (Å²) in [6.45, 7) is 0.863. The second-order valence-electron chi connectivity index (χ2n) is 7.58. The lowest BCUT2D eigenvalue weighted by atomic mass is 10.1. The van der Waals surface area contributed by atoms with E-state index in [1.165, 1.54) is 7.11 Å². The minimum Gasteiger partial charge on any atom is -0.465 e. The molecule has 158 valence electrons. The third-order valence-electron chi connectivity index (χ3n) is 5.52. The van der Waals surface area contributed by atoms with Crippen LogP contribution in [0.4, 0.5) is 0 Å². The highest BCUT2D eigenvalue weighted by atomic mass is 16.5. The molecule has 6 nitrogen and oxygen atoms in total. The standard InChI is InChI=1S/C25H23NO5/c1-30-25(29)21-13-18-9-5-6-10-19(18)14-22(21)31-24(28)20-15-23(27)26(16-20)12-11-17-7-3-2-4-8-17/h2-10,13-14,20H,11-12,15-16H2,1H3. The first-order valence-corrected chi connectivity index (χ1v) is 10.2. The Morgan fingerprint density at radius 2 is 1.68 bits per heavy atom. The summed E-state index contributed by atoms with van der Waals surface area (Å²) in [7, 11) is 1.28. The van der Waals surface area contributed by atoms with Crippen LogP contribution in [0.15, 0.2) is 66.7 Å². The number of carbonyl (C=O) groups excluding carboxylic acids is 3. The summed E-state index contributed by atoms with van der Waals surface area (Å²) >= 11 is 0. The first-order chi connectivity index (χ1) is 15.0. The van der Waals surface area contributed by atoms with Gasteiger partial charge in [0.05, 0.1) is 13.0 Å². The molecule has 1 aliphatic heterocycles. The van der Waals surface area contributed by atoms with Crippen LogP contribution in [0.3, 0.4) is 0 Å². The largest absolute Gasteiger partial charge is 0.465 e. The number of likely N-dealkylation sites (tertiary alicyclic amines) is 1. The number of esters is 2. The van der Waals surface area contributed by atoms with Crippen molar-refractivity contribution in [2.24, 2.45) is 5.92 Å². The Balaban J connectivity index is 1.47. The average Bonchev–Trinajstić information content (AvgIpc) is 3.18. The van der Waals surface area contributed by atoms with Crippen molar-refractivity contribution in [1.82, 2.24) is 4.90 Å². The van der Waals surface area contributed by atoms with Gasteiger partial charge in [-0.15, -0.1) is 0 Å². The molecule has 0 bridgehead atoms. The lowest BCUT2D eigenvalue weighted by Gasteiger charge is -2.17. The van der Waals surface area contributed by atoms with Crippen molar-refractivity contribution in [2.75, 3.05) is 20.2 Å². The quantitative estimate of drug-likeness (QED) is 0.452. The van der Waals surface area contributed by atoms with E-state index >= 15 is 0 Å². The fourth-order valence-electron chi connectivity index (χ4n) is 3.82. The number of fused-ring (bicyclic) bond motifs is 1. The Hall–Kier alpha value is -3.67. The minimum atomic E-state index is -0.583. The Morgan fingerprint density at radius 3 is 2.39 bits per heavy atom. The van der Waals surface area contributed by atoms with Gasteiger partial charge in [0.2, 0.25) is 5.91 Å². The lowest BCUT2D eigenvalue weighted by Crippen LogP contribution is -2.29. The second-order valence-corrected chi connectivity index (χ2v) is 7.58. The smallest absolute Gasteiger partial charge is 0.341 e. The molecule has 6 heteroatoms. The number of carbonyl (C=O) groups is 3. The summed E-state index contributed by atoms with van der Waals surface area (Å²) < 4.78 is 10.4. The number of rotatable bonds is 6. The highest BCUT2D eigenvalue weighted by Crippen LogP contribution is 2.29. The first kappa shape index (κ1) is 20.6. The summed E-state index contributed by atoms with van der Waals surface area (Å²) in [4.78, 5) is 39.2. The molecule has 0 aliphatic carbocycles. The third-order valence-corrected chi connectivity index (χ3v) is 5.52. The molecule has 1 saturated heterocycles. The zero-order chi connectivity index (χ0) is 21.8. The number of amides is 1.